The van der Waals surface area contributed by atoms with Crippen LogP contribution in [0.5, 0.6) is 0 Å². The van der Waals surface area contributed by atoms with Crippen molar-refractivity contribution < 1.29 is 4.74 Å². The lowest BCUT2D eigenvalue weighted by Gasteiger charge is -2.37. The first-order chi connectivity index (χ1) is 12.6. The van der Waals surface area contributed by atoms with Crippen molar-refractivity contribution in [3.63, 3.8) is 0 Å². The summed E-state index contributed by atoms with van der Waals surface area (Å²) in [4.78, 5) is 18.3. The normalized spacial score (nSPS) is 24.2. The monoisotopic (exact) mass is 350 g/mol. The molecule has 136 valence electrons. The third-order valence-electron chi connectivity index (χ3n) is 6.18. The van der Waals surface area contributed by atoms with Gasteiger partial charge in [0, 0.05) is 36.3 Å². The highest BCUT2D eigenvalue weighted by Gasteiger charge is 2.31. The second-order valence-electron chi connectivity index (χ2n) is 8.11. The molecule has 2 atom stereocenters. The molecule has 5 rings (SSSR count). The quantitative estimate of drug-likeness (QED) is 0.731. The summed E-state index contributed by atoms with van der Waals surface area (Å²) in [5.74, 6) is 0. The zero-order valence-electron chi connectivity index (χ0n) is 15.6. The fraction of sp³-hybridized carbons (Fsp3) is 0.500. The minimum absolute atomic E-state index is 0.130. The number of pyridine rings is 1. The van der Waals surface area contributed by atoms with Crippen LogP contribution < -0.4 is 10.5 Å². The van der Waals surface area contributed by atoms with Crippen LogP contribution in [-0.4, -0.2) is 30.3 Å². The van der Waals surface area contributed by atoms with Crippen LogP contribution in [0.25, 0.3) is 11.3 Å². The number of H-pyrrole nitrogens is 1. The molecule has 2 heterocycles. The maximum atomic E-state index is 12.6. The van der Waals surface area contributed by atoms with Crippen molar-refractivity contribution in [2.24, 2.45) is 0 Å². The number of morpholine rings is 1. The largest absolute Gasteiger partial charge is 0.372 e. The van der Waals surface area contributed by atoms with Gasteiger partial charge in [0.2, 0.25) is 0 Å². The number of ether oxygens (including phenoxy) is 1. The van der Waals surface area contributed by atoms with Gasteiger partial charge >= 0.3 is 0 Å². The van der Waals surface area contributed by atoms with Crippen LogP contribution in [-0.2, 0) is 24.0 Å². The van der Waals surface area contributed by atoms with Crippen LogP contribution in [0, 0.1) is 0 Å². The number of hydrogen-bond donors (Lipinski definition) is 1. The minimum atomic E-state index is 0.130. The van der Waals surface area contributed by atoms with Crippen molar-refractivity contribution in [3.05, 3.63) is 50.8 Å². The molecule has 26 heavy (non-hydrogen) atoms. The first-order valence-electron chi connectivity index (χ1n) is 9.91. The lowest BCUT2D eigenvalue weighted by atomic mass is 9.88. The van der Waals surface area contributed by atoms with Gasteiger partial charge in [0.1, 0.15) is 0 Å². The minimum Gasteiger partial charge on any atom is -0.372 e. The predicted molar refractivity (Wildman–Crippen MR) is 104 cm³/mol. The third-order valence-corrected chi connectivity index (χ3v) is 6.18. The molecule has 2 unspecified atom stereocenters. The van der Waals surface area contributed by atoms with Crippen molar-refractivity contribution in [2.45, 2.75) is 58.2 Å². The standard InChI is InChI=1S/C22H26N2O2/c1-13-11-24(12-14(2)26-13)20-9-5-8-16-18(20)10-19-15-6-3-4-7-17(15)22(25)23-21(16)19/h5,8-9,13-14H,3-4,6-7,10-12H2,1-2H3,(H,23,25). The summed E-state index contributed by atoms with van der Waals surface area (Å²) in [6.45, 7) is 6.14. The third kappa shape index (κ3) is 2.43. The number of fused-ring (bicyclic) bond motifs is 5. The van der Waals surface area contributed by atoms with Crippen molar-refractivity contribution in [3.8, 4) is 11.3 Å². The summed E-state index contributed by atoms with van der Waals surface area (Å²) in [5, 5.41) is 0. The molecule has 2 aromatic rings. The number of aromatic nitrogens is 1. The Hall–Kier alpha value is -2.07. The Morgan fingerprint density at radius 3 is 2.50 bits per heavy atom. The van der Waals surface area contributed by atoms with Crippen LogP contribution in [0.4, 0.5) is 5.69 Å². The average Bonchev–Trinajstić information content (AvgIpc) is 3.00. The number of aromatic amines is 1. The summed E-state index contributed by atoms with van der Waals surface area (Å²) in [5.41, 5.74) is 8.85. The van der Waals surface area contributed by atoms with Crippen LogP contribution in [0.3, 0.4) is 0 Å². The zero-order chi connectivity index (χ0) is 17.8. The molecule has 1 aliphatic heterocycles. The Kier molecular flexibility index (Phi) is 3.71. The van der Waals surface area contributed by atoms with E-state index in [2.05, 4.69) is 41.9 Å². The van der Waals surface area contributed by atoms with Crippen LogP contribution in [0.1, 0.15) is 48.9 Å². The van der Waals surface area contributed by atoms with Gasteiger partial charge in [-0.1, -0.05) is 12.1 Å². The fourth-order valence-corrected chi connectivity index (χ4v) is 5.17. The summed E-state index contributed by atoms with van der Waals surface area (Å²) >= 11 is 0. The Bertz CT molecular complexity index is 920. The summed E-state index contributed by atoms with van der Waals surface area (Å²) in [7, 11) is 0. The highest BCUT2D eigenvalue weighted by atomic mass is 16.5. The molecule has 2 aliphatic carbocycles. The lowest BCUT2D eigenvalue weighted by Crippen LogP contribution is -2.45. The predicted octanol–water partition coefficient (Wildman–Crippen LogP) is 3.44. The van der Waals surface area contributed by atoms with E-state index in [0.717, 1.165) is 50.0 Å². The maximum absolute atomic E-state index is 12.6. The number of benzene rings is 1. The van der Waals surface area contributed by atoms with Gasteiger partial charge in [0.05, 0.1) is 17.9 Å². The Morgan fingerprint density at radius 2 is 1.73 bits per heavy atom. The number of nitrogens with zero attached hydrogens (tertiary/aromatic N) is 1. The van der Waals surface area contributed by atoms with Gasteiger partial charge in [0.15, 0.2) is 0 Å². The summed E-state index contributed by atoms with van der Waals surface area (Å²) in [6.07, 6.45) is 5.74. The van der Waals surface area contributed by atoms with E-state index < -0.39 is 0 Å². The molecule has 1 fully saturated rings. The molecule has 0 amide bonds. The van der Waals surface area contributed by atoms with E-state index in [9.17, 15) is 4.79 Å². The molecule has 0 saturated carbocycles. The molecule has 0 spiro atoms. The average molecular weight is 350 g/mol. The molecule has 1 aromatic heterocycles. The molecule has 1 N–H and O–H groups in total. The highest BCUT2D eigenvalue weighted by molar-refractivity contribution is 5.81. The molecule has 4 heteroatoms. The van der Waals surface area contributed by atoms with Gasteiger partial charge in [-0.3, -0.25) is 4.79 Å². The van der Waals surface area contributed by atoms with Gasteiger partial charge < -0.3 is 14.6 Å². The van der Waals surface area contributed by atoms with E-state index in [1.165, 1.54) is 34.4 Å². The van der Waals surface area contributed by atoms with Crippen molar-refractivity contribution in [1.29, 1.82) is 0 Å². The van der Waals surface area contributed by atoms with Crippen molar-refractivity contribution in [2.75, 3.05) is 18.0 Å². The van der Waals surface area contributed by atoms with Gasteiger partial charge in [-0.05, 0) is 62.3 Å². The molecule has 1 aromatic carbocycles. The van der Waals surface area contributed by atoms with E-state index in [1.807, 2.05) is 0 Å². The van der Waals surface area contributed by atoms with Gasteiger partial charge in [-0.2, -0.15) is 0 Å². The molecule has 0 bridgehead atoms. The van der Waals surface area contributed by atoms with Crippen molar-refractivity contribution in [1.82, 2.24) is 4.98 Å². The molecule has 3 aliphatic rings. The van der Waals surface area contributed by atoms with E-state index in [-0.39, 0.29) is 17.8 Å². The van der Waals surface area contributed by atoms with Gasteiger partial charge in [0.25, 0.3) is 5.56 Å². The molecular formula is C22H26N2O2. The Morgan fingerprint density at radius 1 is 1.00 bits per heavy atom. The van der Waals surface area contributed by atoms with Crippen molar-refractivity contribution >= 4 is 5.69 Å². The molecule has 1 saturated heterocycles. The van der Waals surface area contributed by atoms with E-state index in [0.29, 0.717) is 0 Å². The summed E-state index contributed by atoms with van der Waals surface area (Å²) < 4.78 is 5.92. The Balaban J connectivity index is 1.62. The van der Waals surface area contributed by atoms with Gasteiger partial charge in [-0.25, -0.2) is 0 Å². The SMILES string of the molecule is CC1CN(c2cccc3c2Cc2c-3[nH]c(=O)c3c2CCCC3)CC(C)O1. The van der Waals surface area contributed by atoms with Crippen LogP contribution in [0.2, 0.25) is 0 Å². The summed E-state index contributed by atoms with van der Waals surface area (Å²) in [6, 6.07) is 6.54. The molecular weight excluding hydrogens is 324 g/mol. The smallest absolute Gasteiger partial charge is 0.251 e. The van der Waals surface area contributed by atoms with E-state index in [1.54, 1.807) is 0 Å². The van der Waals surface area contributed by atoms with Crippen LogP contribution in [0.15, 0.2) is 23.0 Å². The van der Waals surface area contributed by atoms with E-state index >= 15 is 0 Å². The second kappa shape index (κ2) is 5.98. The lowest BCUT2D eigenvalue weighted by molar-refractivity contribution is -0.00525. The molecule has 4 nitrogen and oxygen atoms in total. The topological polar surface area (TPSA) is 45.3 Å². The van der Waals surface area contributed by atoms with Gasteiger partial charge in [-0.15, -0.1) is 0 Å². The number of hydrogen-bond acceptors (Lipinski definition) is 3. The first kappa shape index (κ1) is 16.1. The fourth-order valence-electron chi connectivity index (χ4n) is 5.17. The zero-order valence-corrected chi connectivity index (χ0v) is 15.6. The van der Waals surface area contributed by atoms with E-state index in [4.69, 9.17) is 4.74 Å². The highest BCUT2D eigenvalue weighted by Crippen LogP contribution is 2.43. The number of nitrogens with one attached hydrogen (secondary N) is 1. The molecule has 0 radical (unpaired) electrons. The maximum Gasteiger partial charge on any atom is 0.251 e. The van der Waals surface area contributed by atoms with Crippen LogP contribution >= 0.6 is 0 Å². The second-order valence-corrected chi connectivity index (χ2v) is 8.11. The Labute approximate surface area is 154 Å². The number of rotatable bonds is 1. The first-order valence-corrected chi connectivity index (χ1v) is 9.91. The number of anilines is 1.